The molecule has 0 aromatic heterocycles. The van der Waals surface area contributed by atoms with Crippen LogP contribution in [0.15, 0.2) is 64.4 Å². The second-order valence-corrected chi connectivity index (χ2v) is 8.73. The van der Waals surface area contributed by atoms with Gasteiger partial charge in [0.25, 0.3) is 20.0 Å². The van der Waals surface area contributed by atoms with Gasteiger partial charge in [-0.25, -0.2) is 26.3 Å². The number of sulfonamides is 2. The molecule has 0 aliphatic heterocycles. The van der Waals surface area contributed by atoms with Crippen LogP contribution in [-0.4, -0.2) is 28.6 Å². The topological polar surface area (TPSA) is 126 Å². The Kier molecular flexibility index (Phi) is 5.78. The predicted molar refractivity (Wildman–Crippen MR) is 92.9 cm³/mol. The molecule has 2 N–H and O–H groups in total. The van der Waals surface area contributed by atoms with Crippen molar-refractivity contribution in [2.24, 2.45) is 0 Å². The van der Waals surface area contributed by atoms with Crippen LogP contribution in [0.5, 0.6) is 0 Å². The Bertz CT molecular complexity index is 1010. The second kappa shape index (κ2) is 7.67. The van der Waals surface area contributed by atoms with E-state index in [-0.39, 0.29) is 9.79 Å². The van der Waals surface area contributed by atoms with Gasteiger partial charge in [-0.3, -0.25) is 9.59 Å². The first-order chi connectivity index (χ1) is 12.1. The van der Waals surface area contributed by atoms with E-state index < -0.39 is 38.3 Å². The van der Waals surface area contributed by atoms with E-state index in [4.69, 9.17) is 0 Å². The summed E-state index contributed by atoms with van der Waals surface area (Å²) >= 11 is 0. The molecule has 0 aliphatic rings. The predicted octanol–water partition coefficient (Wildman–Crippen LogP) is 0.695. The summed E-state index contributed by atoms with van der Waals surface area (Å²) in [5.74, 6) is -2.29. The van der Waals surface area contributed by atoms with Crippen LogP contribution in [0.2, 0.25) is 0 Å². The molecule has 0 aliphatic carbocycles. The molecule has 138 valence electrons. The van der Waals surface area contributed by atoms with Crippen molar-refractivity contribution in [1.29, 1.82) is 0 Å². The van der Waals surface area contributed by atoms with E-state index in [2.05, 4.69) is 0 Å². The maximum absolute atomic E-state index is 12.1. The summed E-state index contributed by atoms with van der Waals surface area (Å²) in [5, 5.41) is 0. The quantitative estimate of drug-likeness (QED) is 0.692. The van der Waals surface area contributed by atoms with Crippen LogP contribution < -0.4 is 9.44 Å². The van der Waals surface area contributed by atoms with Crippen molar-refractivity contribution in [3.63, 3.8) is 0 Å². The first-order valence-corrected chi connectivity index (χ1v) is 10.3. The average molecular weight is 396 g/mol. The van der Waals surface area contributed by atoms with Gasteiger partial charge in [0.05, 0.1) is 9.79 Å². The number of benzene rings is 2. The Morgan fingerprint density at radius 3 is 1.62 bits per heavy atom. The summed E-state index contributed by atoms with van der Waals surface area (Å²) in [5.41, 5.74) is 0.834. The molecule has 2 rings (SSSR count). The summed E-state index contributed by atoms with van der Waals surface area (Å²) in [6.07, 6.45) is -0.961. The third kappa shape index (κ3) is 5.14. The van der Waals surface area contributed by atoms with Crippen LogP contribution in [0.4, 0.5) is 0 Å². The van der Waals surface area contributed by atoms with E-state index in [0.717, 1.165) is 5.56 Å². The molecule has 10 heteroatoms. The normalized spacial score (nSPS) is 11.6. The fourth-order valence-corrected chi connectivity index (χ4v) is 3.94. The van der Waals surface area contributed by atoms with E-state index in [1.165, 1.54) is 36.4 Å². The molecule has 2 aromatic carbocycles. The van der Waals surface area contributed by atoms with Crippen molar-refractivity contribution in [1.82, 2.24) is 9.44 Å². The Morgan fingerprint density at radius 2 is 1.15 bits per heavy atom. The summed E-state index contributed by atoms with van der Waals surface area (Å²) in [6.45, 7) is 1.77. The van der Waals surface area contributed by atoms with Gasteiger partial charge in [-0.2, -0.15) is 0 Å². The molecule has 0 radical (unpaired) electrons. The fourth-order valence-electron chi connectivity index (χ4n) is 1.95. The summed E-state index contributed by atoms with van der Waals surface area (Å²) < 4.78 is 51.5. The van der Waals surface area contributed by atoms with Crippen LogP contribution in [0, 0.1) is 6.92 Å². The van der Waals surface area contributed by atoms with Crippen molar-refractivity contribution in [3.8, 4) is 0 Å². The van der Waals surface area contributed by atoms with Gasteiger partial charge in [-0.05, 0) is 31.2 Å². The van der Waals surface area contributed by atoms with Crippen molar-refractivity contribution < 1.29 is 26.4 Å². The molecule has 2 amide bonds. The number of amides is 2. The van der Waals surface area contributed by atoms with Crippen molar-refractivity contribution in [3.05, 3.63) is 60.2 Å². The third-order valence-corrected chi connectivity index (χ3v) is 5.98. The number of nitrogens with one attached hydrogen (secondary N) is 2. The van der Waals surface area contributed by atoms with Gasteiger partial charge in [-0.1, -0.05) is 35.9 Å². The van der Waals surface area contributed by atoms with Crippen LogP contribution in [-0.2, 0) is 29.6 Å². The number of hydrogen-bond acceptors (Lipinski definition) is 6. The van der Waals surface area contributed by atoms with Gasteiger partial charge in [0.15, 0.2) is 0 Å². The molecule has 0 bridgehead atoms. The molecule has 0 saturated heterocycles. The van der Waals surface area contributed by atoms with Crippen LogP contribution in [0.25, 0.3) is 0 Å². The average Bonchev–Trinajstić information content (AvgIpc) is 2.54. The molecule has 0 atom stereocenters. The molecule has 0 spiro atoms. The first-order valence-electron chi connectivity index (χ1n) is 7.33. The van der Waals surface area contributed by atoms with Gasteiger partial charge >= 0.3 is 0 Å². The van der Waals surface area contributed by atoms with E-state index in [1.807, 2.05) is 0 Å². The molecule has 0 heterocycles. The zero-order chi connectivity index (χ0) is 19.4. The Hall–Kier alpha value is -2.72. The lowest BCUT2D eigenvalue weighted by Gasteiger charge is -2.08. The van der Waals surface area contributed by atoms with Crippen molar-refractivity contribution >= 4 is 31.9 Å². The monoisotopic (exact) mass is 396 g/mol. The molecule has 8 nitrogen and oxygen atoms in total. The number of carbonyl (C=O) groups excluding carboxylic acids is 2. The maximum atomic E-state index is 12.1. The standard InChI is InChI=1S/C16H16N2O6S2/c1-12-7-9-14(10-8-12)26(23,24)18-16(20)11-15(19)17-25(21,22)13-5-3-2-4-6-13/h2-10H,11H2,1H3,(H,17,19)(H,18,20). The molecule has 0 saturated carbocycles. The van der Waals surface area contributed by atoms with E-state index >= 15 is 0 Å². The largest absolute Gasteiger partial charge is 0.273 e. The number of aryl methyl sites for hydroxylation is 1. The Morgan fingerprint density at radius 1 is 0.731 bits per heavy atom. The van der Waals surface area contributed by atoms with E-state index in [9.17, 15) is 26.4 Å². The number of hydrogen-bond donors (Lipinski definition) is 2. The van der Waals surface area contributed by atoms with Gasteiger partial charge in [-0.15, -0.1) is 0 Å². The molecular formula is C16H16N2O6S2. The lowest BCUT2D eigenvalue weighted by molar-refractivity contribution is -0.127. The first kappa shape index (κ1) is 19.6. The van der Waals surface area contributed by atoms with Crippen molar-refractivity contribution in [2.45, 2.75) is 23.1 Å². The van der Waals surface area contributed by atoms with Crippen LogP contribution >= 0.6 is 0 Å². The smallest absolute Gasteiger partial charge is 0.264 e. The lowest BCUT2D eigenvalue weighted by atomic mass is 10.2. The minimum Gasteiger partial charge on any atom is -0.273 e. The van der Waals surface area contributed by atoms with Crippen LogP contribution in [0.3, 0.4) is 0 Å². The van der Waals surface area contributed by atoms with Gasteiger partial charge in [0, 0.05) is 0 Å². The highest BCUT2D eigenvalue weighted by Gasteiger charge is 2.22. The van der Waals surface area contributed by atoms with E-state index in [1.54, 1.807) is 34.6 Å². The minimum atomic E-state index is -4.15. The van der Waals surface area contributed by atoms with Gasteiger partial charge in [0.2, 0.25) is 11.8 Å². The van der Waals surface area contributed by atoms with Gasteiger partial charge in [0.1, 0.15) is 6.42 Å². The van der Waals surface area contributed by atoms with Crippen molar-refractivity contribution in [2.75, 3.05) is 0 Å². The highest BCUT2D eigenvalue weighted by Crippen LogP contribution is 2.10. The molecular weight excluding hydrogens is 380 g/mol. The Balaban J connectivity index is 2.01. The summed E-state index contributed by atoms with van der Waals surface area (Å²) in [4.78, 5) is 23.3. The highest BCUT2D eigenvalue weighted by atomic mass is 32.2. The second-order valence-electron chi connectivity index (χ2n) is 5.36. The fraction of sp³-hybridized carbons (Fsp3) is 0.125. The van der Waals surface area contributed by atoms with Crippen LogP contribution in [0.1, 0.15) is 12.0 Å². The number of carbonyl (C=O) groups is 2. The maximum Gasteiger partial charge on any atom is 0.264 e. The molecule has 0 unspecified atom stereocenters. The molecule has 0 fully saturated rings. The molecule has 2 aromatic rings. The SMILES string of the molecule is Cc1ccc(S(=O)(=O)NC(=O)CC(=O)NS(=O)(=O)c2ccccc2)cc1. The number of rotatable bonds is 6. The zero-order valence-corrected chi connectivity index (χ0v) is 15.3. The highest BCUT2D eigenvalue weighted by molar-refractivity contribution is 7.90. The summed E-state index contributed by atoms with van der Waals surface area (Å²) in [6, 6.07) is 12.8. The molecule has 26 heavy (non-hydrogen) atoms. The van der Waals surface area contributed by atoms with Gasteiger partial charge < -0.3 is 0 Å². The Labute approximate surface area is 151 Å². The minimum absolute atomic E-state index is 0.145. The zero-order valence-electron chi connectivity index (χ0n) is 13.7. The van der Waals surface area contributed by atoms with E-state index in [0.29, 0.717) is 0 Å². The lowest BCUT2D eigenvalue weighted by Crippen LogP contribution is -2.37. The third-order valence-electron chi connectivity index (χ3n) is 3.20. The summed E-state index contributed by atoms with van der Waals surface area (Å²) in [7, 11) is -8.28.